The third kappa shape index (κ3) is 2.38. The molecule has 0 aliphatic heterocycles. The molecule has 0 fully saturated rings. The van der Waals surface area contributed by atoms with Crippen molar-refractivity contribution in [3.63, 3.8) is 0 Å². The van der Waals surface area contributed by atoms with Crippen molar-refractivity contribution >= 4 is 32.1 Å². The lowest BCUT2D eigenvalue weighted by Crippen LogP contribution is -2.08. The highest BCUT2D eigenvalue weighted by Crippen LogP contribution is 2.35. The Kier molecular flexibility index (Phi) is 3.32. The molecule has 0 atom stereocenters. The summed E-state index contributed by atoms with van der Waals surface area (Å²) in [7, 11) is -3.50. The number of hydrogen-bond donors (Lipinski definition) is 0. The molecule has 0 amide bonds. The molecule has 0 aliphatic rings. The Bertz CT molecular complexity index is 1070. The fourth-order valence-electron chi connectivity index (χ4n) is 2.63. The summed E-state index contributed by atoms with van der Waals surface area (Å²) in [6.07, 6.45) is 3.10. The lowest BCUT2D eigenvalue weighted by atomic mass is 10.0. The van der Waals surface area contributed by atoms with Crippen LogP contribution in [0.3, 0.4) is 0 Å². The zero-order chi connectivity index (χ0) is 15.9. The van der Waals surface area contributed by atoms with Crippen LogP contribution in [-0.4, -0.2) is 12.4 Å². The molecule has 2 aromatic heterocycles. The predicted octanol–water partition coefficient (Wildman–Crippen LogP) is 4.61. The second kappa shape index (κ2) is 5.37. The smallest absolute Gasteiger partial charge is 0.248 e. The van der Waals surface area contributed by atoms with Crippen LogP contribution in [0, 0.1) is 0 Å². The van der Waals surface area contributed by atoms with Gasteiger partial charge in [-0.25, -0.2) is 3.97 Å². The minimum Gasteiger partial charge on any atom is -0.248 e. The molecular formula is C18H13NO2S2. The van der Waals surface area contributed by atoms with Gasteiger partial charge in [-0.3, -0.25) is 0 Å². The van der Waals surface area contributed by atoms with E-state index in [1.54, 1.807) is 30.6 Å². The van der Waals surface area contributed by atoms with Crippen LogP contribution < -0.4 is 0 Å². The molecule has 2 heterocycles. The van der Waals surface area contributed by atoms with Crippen LogP contribution in [0.25, 0.3) is 21.2 Å². The molecule has 0 aliphatic carbocycles. The Morgan fingerprint density at radius 3 is 2.35 bits per heavy atom. The van der Waals surface area contributed by atoms with Gasteiger partial charge in [0.15, 0.2) is 0 Å². The van der Waals surface area contributed by atoms with Gasteiger partial charge in [-0.05, 0) is 40.6 Å². The van der Waals surface area contributed by atoms with Gasteiger partial charge in [-0.2, -0.15) is 8.42 Å². The summed E-state index contributed by atoms with van der Waals surface area (Å²) in [6.45, 7) is 0. The fraction of sp³-hybridized carbons (Fsp3) is 0. The minimum absolute atomic E-state index is 0.344. The molecule has 0 unspecified atom stereocenters. The van der Waals surface area contributed by atoms with Crippen molar-refractivity contribution in [1.82, 2.24) is 3.97 Å². The Morgan fingerprint density at radius 2 is 1.52 bits per heavy atom. The first-order valence-corrected chi connectivity index (χ1v) is 9.38. The van der Waals surface area contributed by atoms with Crippen LogP contribution in [0.1, 0.15) is 0 Å². The van der Waals surface area contributed by atoms with Crippen molar-refractivity contribution in [3.05, 3.63) is 79.1 Å². The third-order valence-electron chi connectivity index (χ3n) is 3.75. The highest BCUT2D eigenvalue weighted by molar-refractivity contribution is 7.92. The summed E-state index contributed by atoms with van der Waals surface area (Å²) in [5.74, 6) is 0. The van der Waals surface area contributed by atoms with Crippen LogP contribution in [0.15, 0.2) is 83.3 Å². The first kappa shape index (κ1) is 14.2. The molecule has 114 valence electrons. The summed E-state index contributed by atoms with van der Waals surface area (Å²) in [6, 6.07) is 21.2. The van der Waals surface area contributed by atoms with Gasteiger partial charge < -0.3 is 0 Å². The summed E-state index contributed by atoms with van der Waals surface area (Å²) >= 11 is 1.30. The lowest BCUT2D eigenvalue weighted by Gasteiger charge is -2.04. The quantitative estimate of drug-likeness (QED) is 0.547. The minimum atomic E-state index is -3.50. The van der Waals surface area contributed by atoms with E-state index in [0.717, 1.165) is 21.2 Å². The van der Waals surface area contributed by atoms with Gasteiger partial charge in [-0.1, -0.05) is 42.5 Å². The molecule has 3 nitrogen and oxygen atoms in total. The summed E-state index contributed by atoms with van der Waals surface area (Å²) in [5, 5.41) is 2.27. The molecule has 4 rings (SSSR count). The molecule has 0 N–H and O–H groups in total. The standard InChI is InChI=1S/C18H13NO2S2/c20-23(21,19-12-3-4-13-19)18-11-10-17(22-18)16-9-5-7-14-6-1-2-8-15(14)16/h1-13H. The maximum atomic E-state index is 12.6. The van der Waals surface area contributed by atoms with Crippen molar-refractivity contribution in [2.24, 2.45) is 0 Å². The Hall–Kier alpha value is -2.37. The van der Waals surface area contributed by atoms with Crippen LogP contribution in [-0.2, 0) is 10.0 Å². The van der Waals surface area contributed by atoms with Crippen molar-refractivity contribution in [2.75, 3.05) is 0 Å². The van der Waals surface area contributed by atoms with E-state index in [4.69, 9.17) is 0 Å². The second-order valence-corrected chi connectivity index (χ2v) is 8.32. The van der Waals surface area contributed by atoms with E-state index in [0.29, 0.717) is 4.21 Å². The fourth-order valence-corrected chi connectivity index (χ4v) is 5.26. The molecule has 23 heavy (non-hydrogen) atoms. The van der Waals surface area contributed by atoms with Gasteiger partial charge in [0.25, 0.3) is 10.0 Å². The Morgan fingerprint density at radius 1 is 0.783 bits per heavy atom. The number of benzene rings is 2. The number of nitrogens with zero attached hydrogens (tertiary/aromatic N) is 1. The molecule has 0 bridgehead atoms. The largest absolute Gasteiger partial charge is 0.277 e. The number of aromatic nitrogens is 1. The molecule has 4 aromatic rings. The molecule has 0 spiro atoms. The van der Waals surface area contributed by atoms with E-state index in [-0.39, 0.29) is 0 Å². The van der Waals surface area contributed by atoms with E-state index in [2.05, 4.69) is 18.2 Å². The van der Waals surface area contributed by atoms with Crippen LogP contribution in [0.4, 0.5) is 0 Å². The predicted molar refractivity (Wildman–Crippen MR) is 94.3 cm³/mol. The van der Waals surface area contributed by atoms with E-state index >= 15 is 0 Å². The highest BCUT2D eigenvalue weighted by Gasteiger charge is 2.19. The topological polar surface area (TPSA) is 39.1 Å². The average Bonchev–Trinajstić information content (AvgIpc) is 3.26. The van der Waals surface area contributed by atoms with Crippen molar-refractivity contribution in [2.45, 2.75) is 4.21 Å². The van der Waals surface area contributed by atoms with Crippen molar-refractivity contribution in [3.8, 4) is 10.4 Å². The third-order valence-corrected chi connectivity index (χ3v) is 6.98. The van der Waals surface area contributed by atoms with Gasteiger partial charge in [-0.15, -0.1) is 11.3 Å². The molecular weight excluding hydrogens is 326 g/mol. The Balaban J connectivity index is 1.85. The number of thiophene rings is 1. The van der Waals surface area contributed by atoms with Crippen LogP contribution in [0.5, 0.6) is 0 Å². The zero-order valence-corrected chi connectivity index (χ0v) is 13.7. The summed E-state index contributed by atoms with van der Waals surface area (Å²) < 4.78 is 26.7. The van der Waals surface area contributed by atoms with Gasteiger partial charge in [0, 0.05) is 17.3 Å². The number of fused-ring (bicyclic) bond motifs is 1. The van der Waals surface area contributed by atoms with Crippen LogP contribution in [0.2, 0.25) is 0 Å². The van der Waals surface area contributed by atoms with Gasteiger partial charge >= 0.3 is 0 Å². The van der Waals surface area contributed by atoms with E-state index in [1.807, 2.05) is 30.3 Å². The Labute approximate surface area is 138 Å². The molecule has 5 heteroatoms. The summed E-state index contributed by atoms with van der Waals surface area (Å²) in [4.78, 5) is 0.951. The number of rotatable bonds is 3. The molecule has 0 radical (unpaired) electrons. The second-order valence-electron chi connectivity index (χ2n) is 5.16. The van der Waals surface area contributed by atoms with Gasteiger partial charge in [0.2, 0.25) is 0 Å². The zero-order valence-electron chi connectivity index (χ0n) is 12.1. The summed E-state index contributed by atoms with van der Waals surface area (Å²) in [5.41, 5.74) is 1.06. The molecule has 0 saturated carbocycles. The van der Waals surface area contributed by atoms with E-state index in [1.165, 1.54) is 15.3 Å². The SMILES string of the molecule is O=S(=O)(c1ccc(-c2cccc3ccccc23)s1)n1cccc1. The van der Waals surface area contributed by atoms with E-state index < -0.39 is 10.0 Å². The normalized spacial score (nSPS) is 11.8. The maximum Gasteiger partial charge on any atom is 0.277 e. The van der Waals surface area contributed by atoms with Gasteiger partial charge in [0.05, 0.1) is 0 Å². The van der Waals surface area contributed by atoms with Gasteiger partial charge in [0.1, 0.15) is 4.21 Å². The van der Waals surface area contributed by atoms with E-state index in [9.17, 15) is 8.42 Å². The van der Waals surface area contributed by atoms with Crippen molar-refractivity contribution in [1.29, 1.82) is 0 Å². The first-order valence-electron chi connectivity index (χ1n) is 7.13. The molecule has 2 aromatic carbocycles. The first-order chi connectivity index (χ1) is 11.2. The maximum absolute atomic E-state index is 12.6. The average molecular weight is 339 g/mol. The van der Waals surface area contributed by atoms with Crippen molar-refractivity contribution < 1.29 is 8.42 Å². The highest BCUT2D eigenvalue weighted by atomic mass is 32.2. The number of hydrogen-bond acceptors (Lipinski definition) is 3. The monoisotopic (exact) mass is 339 g/mol. The van der Waals surface area contributed by atoms with Crippen LogP contribution >= 0.6 is 11.3 Å². The lowest BCUT2D eigenvalue weighted by molar-refractivity contribution is 0.589. The molecule has 0 saturated heterocycles.